The number of anilines is 1. The second kappa shape index (κ2) is 5.50. The number of nitrogens with one attached hydrogen (secondary N) is 1. The Hall–Kier alpha value is -1.08. The van der Waals surface area contributed by atoms with Crippen LogP contribution in [0.2, 0.25) is 0 Å². The smallest absolute Gasteiger partial charge is 0.326 e. The van der Waals surface area contributed by atoms with Gasteiger partial charge in [0.25, 0.3) is 0 Å². The zero-order valence-corrected chi connectivity index (χ0v) is 13.1. The molecule has 0 saturated heterocycles. The van der Waals surface area contributed by atoms with E-state index < -0.39 is 23.9 Å². The van der Waals surface area contributed by atoms with Crippen molar-refractivity contribution >= 4 is 49.5 Å². The number of halogens is 2. The number of carbonyl (C=O) groups is 2. The molecule has 1 aliphatic rings. The summed E-state index contributed by atoms with van der Waals surface area (Å²) in [6, 6.07) is 2.76. The van der Waals surface area contributed by atoms with Crippen LogP contribution in [-0.2, 0) is 14.3 Å². The van der Waals surface area contributed by atoms with Crippen LogP contribution in [0.4, 0.5) is 5.69 Å². The van der Waals surface area contributed by atoms with Crippen LogP contribution in [0.1, 0.15) is 17.9 Å². The summed E-state index contributed by atoms with van der Waals surface area (Å²) in [6.07, 6.45) is 0.162. The third-order valence-corrected chi connectivity index (χ3v) is 4.14. The maximum absolute atomic E-state index is 11.9. The SMILES string of the molecule is COC(=O)[C@H]1C[C@H](C(=O)O)Nc2cc(Br)cc(Br)c21. The Morgan fingerprint density at radius 1 is 1.42 bits per heavy atom. The Balaban J connectivity index is 2.53. The van der Waals surface area contributed by atoms with Gasteiger partial charge in [0, 0.05) is 20.2 Å². The zero-order valence-electron chi connectivity index (χ0n) is 9.94. The number of esters is 1. The average Bonchev–Trinajstić information content (AvgIpc) is 2.35. The Labute approximate surface area is 126 Å². The van der Waals surface area contributed by atoms with Crippen molar-refractivity contribution in [2.45, 2.75) is 18.4 Å². The standard InChI is InChI=1S/C12H11Br2NO4/c1-19-12(18)6-4-9(11(16)17)15-8-3-5(13)2-7(14)10(6)8/h2-3,6,9,15H,4H2,1H3,(H,16,17)/t6-,9+/m0/s1. The zero-order chi connectivity index (χ0) is 14.2. The molecule has 2 atom stereocenters. The summed E-state index contributed by atoms with van der Waals surface area (Å²) in [5.41, 5.74) is 1.35. The second-order valence-electron chi connectivity index (χ2n) is 4.20. The monoisotopic (exact) mass is 391 g/mol. The van der Waals surface area contributed by atoms with Gasteiger partial charge >= 0.3 is 11.9 Å². The van der Waals surface area contributed by atoms with Gasteiger partial charge in [-0.25, -0.2) is 4.79 Å². The molecule has 0 aliphatic carbocycles. The van der Waals surface area contributed by atoms with Crippen molar-refractivity contribution < 1.29 is 19.4 Å². The van der Waals surface area contributed by atoms with Crippen LogP contribution in [0, 0.1) is 0 Å². The number of ether oxygens (including phenoxy) is 1. The van der Waals surface area contributed by atoms with Crippen LogP contribution >= 0.6 is 31.9 Å². The third kappa shape index (κ3) is 2.76. The number of hydrogen-bond acceptors (Lipinski definition) is 4. The van der Waals surface area contributed by atoms with Crippen molar-refractivity contribution in [1.29, 1.82) is 0 Å². The Morgan fingerprint density at radius 3 is 2.68 bits per heavy atom. The highest BCUT2D eigenvalue weighted by atomic mass is 79.9. The van der Waals surface area contributed by atoms with Crippen LogP contribution in [0.3, 0.4) is 0 Å². The van der Waals surface area contributed by atoms with E-state index in [1.165, 1.54) is 7.11 Å². The van der Waals surface area contributed by atoms with Gasteiger partial charge < -0.3 is 15.2 Å². The summed E-state index contributed by atoms with van der Waals surface area (Å²) in [5, 5.41) is 12.1. The van der Waals surface area contributed by atoms with Crippen LogP contribution in [0.15, 0.2) is 21.1 Å². The second-order valence-corrected chi connectivity index (χ2v) is 5.97. The van der Waals surface area contributed by atoms with Crippen molar-refractivity contribution in [2.75, 3.05) is 12.4 Å². The molecule has 0 spiro atoms. The Kier molecular flexibility index (Phi) is 4.15. The molecule has 102 valence electrons. The first-order valence-electron chi connectivity index (χ1n) is 5.50. The lowest BCUT2D eigenvalue weighted by molar-refractivity contribution is -0.143. The molecule has 1 aromatic carbocycles. The number of carboxylic acids is 1. The van der Waals surface area contributed by atoms with Crippen molar-refractivity contribution in [3.63, 3.8) is 0 Å². The molecule has 5 nitrogen and oxygen atoms in total. The van der Waals surface area contributed by atoms with E-state index in [0.717, 1.165) is 14.5 Å². The summed E-state index contributed by atoms with van der Waals surface area (Å²) in [5.74, 6) is -2.02. The van der Waals surface area contributed by atoms with Crippen molar-refractivity contribution in [1.82, 2.24) is 0 Å². The van der Waals surface area contributed by atoms with E-state index in [1.54, 1.807) is 6.07 Å². The third-order valence-electron chi connectivity index (χ3n) is 3.03. The number of methoxy groups -OCH3 is 1. The first-order valence-corrected chi connectivity index (χ1v) is 7.08. The minimum atomic E-state index is -0.990. The number of fused-ring (bicyclic) bond motifs is 1. The normalized spacial score (nSPS) is 21.2. The number of carboxylic acid groups (broad SMARTS) is 1. The Bertz CT molecular complexity index is 547. The van der Waals surface area contributed by atoms with Crippen molar-refractivity contribution in [2.24, 2.45) is 0 Å². The highest BCUT2D eigenvalue weighted by molar-refractivity contribution is 9.11. The highest BCUT2D eigenvalue weighted by Gasteiger charge is 2.36. The molecule has 0 fully saturated rings. The van der Waals surface area contributed by atoms with Gasteiger partial charge in [-0.2, -0.15) is 0 Å². The van der Waals surface area contributed by atoms with Gasteiger partial charge in [0.1, 0.15) is 6.04 Å². The summed E-state index contributed by atoms with van der Waals surface area (Å²) in [6.45, 7) is 0. The van der Waals surface area contributed by atoms with Crippen molar-refractivity contribution in [3.05, 3.63) is 26.6 Å². The summed E-state index contributed by atoms with van der Waals surface area (Å²) < 4.78 is 6.30. The average molecular weight is 393 g/mol. The molecule has 19 heavy (non-hydrogen) atoms. The molecule has 0 radical (unpaired) electrons. The van der Waals surface area contributed by atoms with E-state index in [-0.39, 0.29) is 6.42 Å². The van der Waals surface area contributed by atoms with Crippen LogP contribution < -0.4 is 5.32 Å². The molecule has 0 bridgehead atoms. The molecular formula is C12H11Br2NO4. The fourth-order valence-electron chi connectivity index (χ4n) is 2.18. The van der Waals surface area contributed by atoms with Gasteiger partial charge in [0.15, 0.2) is 0 Å². The maximum Gasteiger partial charge on any atom is 0.326 e. The first kappa shape index (κ1) is 14.3. The lowest BCUT2D eigenvalue weighted by atomic mass is 9.87. The summed E-state index contributed by atoms with van der Waals surface area (Å²) in [7, 11) is 1.30. The van der Waals surface area contributed by atoms with Gasteiger partial charge in [0.05, 0.1) is 13.0 Å². The fourth-order valence-corrected chi connectivity index (χ4v) is 3.68. The topological polar surface area (TPSA) is 75.6 Å². The van der Waals surface area contributed by atoms with Gasteiger partial charge in [-0.1, -0.05) is 31.9 Å². The number of aliphatic carboxylic acids is 1. The molecule has 0 unspecified atom stereocenters. The summed E-state index contributed by atoms with van der Waals surface area (Å²) >= 11 is 6.74. The van der Waals surface area contributed by atoms with E-state index in [2.05, 4.69) is 37.2 Å². The number of hydrogen-bond donors (Lipinski definition) is 2. The lowest BCUT2D eigenvalue weighted by Crippen LogP contribution is -2.37. The molecule has 0 aromatic heterocycles. The van der Waals surface area contributed by atoms with Crippen LogP contribution in [-0.4, -0.2) is 30.2 Å². The fraction of sp³-hybridized carbons (Fsp3) is 0.333. The van der Waals surface area contributed by atoms with E-state index in [0.29, 0.717) is 5.69 Å². The largest absolute Gasteiger partial charge is 0.480 e. The predicted octanol–water partition coefficient (Wildman–Crippen LogP) is 2.74. The molecule has 0 amide bonds. The van der Waals surface area contributed by atoms with E-state index in [1.807, 2.05) is 6.07 Å². The highest BCUT2D eigenvalue weighted by Crippen LogP contribution is 2.41. The molecule has 0 saturated carbocycles. The van der Waals surface area contributed by atoms with Gasteiger partial charge in [-0.05, 0) is 18.6 Å². The molecule has 1 aliphatic heterocycles. The maximum atomic E-state index is 11.9. The molecule has 1 aromatic rings. The van der Waals surface area contributed by atoms with Crippen molar-refractivity contribution in [3.8, 4) is 0 Å². The summed E-state index contributed by atoms with van der Waals surface area (Å²) in [4.78, 5) is 23.0. The van der Waals surface area contributed by atoms with Crippen LogP contribution in [0.5, 0.6) is 0 Å². The first-order chi connectivity index (χ1) is 8.93. The van der Waals surface area contributed by atoms with Gasteiger partial charge in [0.2, 0.25) is 0 Å². The van der Waals surface area contributed by atoms with Gasteiger partial charge in [-0.3, -0.25) is 4.79 Å². The molecule has 1 heterocycles. The molecule has 2 rings (SSSR count). The molecular weight excluding hydrogens is 382 g/mol. The van der Waals surface area contributed by atoms with E-state index in [9.17, 15) is 9.59 Å². The molecule has 7 heteroatoms. The van der Waals surface area contributed by atoms with Crippen LogP contribution in [0.25, 0.3) is 0 Å². The minimum absolute atomic E-state index is 0.162. The quantitative estimate of drug-likeness (QED) is 0.757. The predicted molar refractivity (Wildman–Crippen MR) is 76.3 cm³/mol. The Morgan fingerprint density at radius 2 is 2.11 bits per heavy atom. The molecule has 2 N–H and O–H groups in total. The van der Waals surface area contributed by atoms with E-state index >= 15 is 0 Å². The number of rotatable bonds is 2. The number of carbonyl (C=O) groups excluding carboxylic acids is 1. The minimum Gasteiger partial charge on any atom is -0.480 e. The number of benzene rings is 1. The lowest BCUT2D eigenvalue weighted by Gasteiger charge is -2.30. The van der Waals surface area contributed by atoms with Gasteiger partial charge in [-0.15, -0.1) is 0 Å². The van der Waals surface area contributed by atoms with E-state index in [4.69, 9.17) is 9.84 Å².